The Morgan fingerprint density at radius 2 is 2.39 bits per heavy atom. The second kappa shape index (κ2) is 5.26. The quantitative estimate of drug-likeness (QED) is 0.666. The number of aliphatic hydroxyl groups is 1. The molecule has 1 aromatic carbocycles. The Kier molecular flexibility index (Phi) is 3.33. The van der Waals surface area contributed by atoms with Gasteiger partial charge in [-0.3, -0.25) is 4.90 Å². The van der Waals surface area contributed by atoms with E-state index in [-0.39, 0.29) is 11.5 Å². The molecule has 0 fully saturated rings. The fourth-order valence-electron chi connectivity index (χ4n) is 4.23. The summed E-state index contributed by atoms with van der Waals surface area (Å²) in [7, 11) is 1.65. The number of nitrogens with zero attached hydrogens (tertiary/aromatic N) is 2. The van der Waals surface area contributed by atoms with Crippen LogP contribution < -0.4 is 9.47 Å². The molecule has 0 bridgehead atoms. The van der Waals surface area contributed by atoms with Crippen molar-refractivity contribution in [1.29, 1.82) is 5.26 Å². The molecule has 120 valence electrons. The highest BCUT2D eigenvalue weighted by atomic mass is 16.5. The molecule has 2 aliphatic heterocycles. The summed E-state index contributed by atoms with van der Waals surface area (Å²) in [6.07, 6.45) is 4.94. The van der Waals surface area contributed by atoms with Crippen molar-refractivity contribution in [3.63, 3.8) is 0 Å². The molecule has 3 atom stereocenters. The fourth-order valence-corrected chi connectivity index (χ4v) is 4.23. The Morgan fingerprint density at radius 1 is 1.52 bits per heavy atom. The molecule has 0 radical (unpaired) electrons. The van der Waals surface area contributed by atoms with Gasteiger partial charge in [0.1, 0.15) is 6.10 Å². The molecule has 0 saturated heterocycles. The van der Waals surface area contributed by atoms with Crippen LogP contribution in [0.4, 0.5) is 0 Å². The van der Waals surface area contributed by atoms with Crippen molar-refractivity contribution in [1.82, 2.24) is 4.90 Å². The first-order valence-electron chi connectivity index (χ1n) is 8.01. The molecular weight excluding hydrogens is 292 g/mol. The monoisotopic (exact) mass is 312 g/mol. The molecule has 2 heterocycles. The zero-order chi connectivity index (χ0) is 16.0. The number of hydrogen-bond donors (Lipinski definition) is 1. The van der Waals surface area contributed by atoms with Gasteiger partial charge in [-0.25, -0.2) is 0 Å². The zero-order valence-electron chi connectivity index (χ0n) is 13.2. The summed E-state index contributed by atoms with van der Waals surface area (Å²) in [5.41, 5.74) is 2.16. The van der Waals surface area contributed by atoms with Gasteiger partial charge in [0.25, 0.3) is 0 Å². The molecule has 0 amide bonds. The van der Waals surface area contributed by atoms with Crippen LogP contribution in [0.1, 0.15) is 24.0 Å². The number of aliphatic hydroxyl groups excluding tert-OH is 1. The molecule has 4 rings (SSSR count). The van der Waals surface area contributed by atoms with Crippen molar-refractivity contribution < 1.29 is 14.6 Å². The molecule has 1 N–H and O–H groups in total. The molecule has 3 aliphatic rings. The number of nitriles is 1. The minimum absolute atomic E-state index is 0.0745. The van der Waals surface area contributed by atoms with Gasteiger partial charge in [-0.05, 0) is 18.1 Å². The Bertz CT molecular complexity index is 709. The number of ether oxygens (including phenoxy) is 2. The summed E-state index contributed by atoms with van der Waals surface area (Å²) < 4.78 is 11.7. The van der Waals surface area contributed by atoms with Crippen molar-refractivity contribution in [3.8, 4) is 17.6 Å². The molecule has 5 heteroatoms. The van der Waals surface area contributed by atoms with Gasteiger partial charge in [0, 0.05) is 25.1 Å². The molecule has 1 spiro atoms. The average Bonchev–Trinajstić information content (AvgIpc) is 2.79. The van der Waals surface area contributed by atoms with E-state index in [9.17, 15) is 5.11 Å². The van der Waals surface area contributed by atoms with Gasteiger partial charge in [-0.1, -0.05) is 18.2 Å². The number of hydrogen-bond acceptors (Lipinski definition) is 5. The van der Waals surface area contributed by atoms with Gasteiger partial charge in [-0.15, -0.1) is 0 Å². The third-order valence-electron chi connectivity index (χ3n) is 5.33. The number of rotatable bonds is 2. The zero-order valence-corrected chi connectivity index (χ0v) is 13.2. The first-order valence-corrected chi connectivity index (χ1v) is 8.01. The fraction of sp³-hybridized carbons (Fsp3) is 0.500. The molecule has 23 heavy (non-hydrogen) atoms. The lowest BCUT2D eigenvalue weighted by atomic mass is 9.69. The first-order chi connectivity index (χ1) is 11.2. The summed E-state index contributed by atoms with van der Waals surface area (Å²) >= 11 is 0. The Morgan fingerprint density at radius 3 is 3.17 bits per heavy atom. The summed E-state index contributed by atoms with van der Waals surface area (Å²) in [5, 5.41) is 19.1. The lowest BCUT2D eigenvalue weighted by Gasteiger charge is -2.35. The van der Waals surface area contributed by atoms with Crippen molar-refractivity contribution in [2.75, 3.05) is 20.2 Å². The topological polar surface area (TPSA) is 65.7 Å². The van der Waals surface area contributed by atoms with Crippen LogP contribution in [-0.4, -0.2) is 42.4 Å². The van der Waals surface area contributed by atoms with E-state index < -0.39 is 6.10 Å². The maximum absolute atomic E-state index is 10.0. The largest absolute Gasteiger partial charge is 0.493 e. The second-order valence-electron chi connectivity index (χ2n) is 6.56. The molecule has 1 aliphatic carbocycles. The predicted octanol–water partition coefficient (Wildman–Crippen LogP) is 1.74. The van der Waals surface area contributed by atoms with Gasteiger partial charge in [-0.2, -0.15) is 5.26 Å². The smallest absolute Gasteiger partial charge is 0.166 e. The molecule has 0 aromatic heterocycles. The summed E-state index contributed by atoms with van der Waals surface area (Å²) in [6, 6.07) is 6.28. The van der Waals surface area contributed by atoms with E-state index in [4.69, 9.17) is 14.7 Å². The summed E-state index contributed by atoms with van der Waals surface area (Å²) in [6.45, 7) is 2.01. The summed E-state index contributed by atoms with van der Waals surface area (Å²) in [4.78, 5) is 2.17. The molecule has 5 nitrogen and oxygen atoms in total. The highest BCUT2D eigenvalue weighted by Crippen LogP contribution is 2.55. The highest BCUT2D eigenvalue weighted by Gasteiger charge is 2.52. The lowest BCUT2D eigenvalue weighted by molar-refractivity contribution is 0.0816. The third kappa shape index (κ3) is 2.06. The maximum Gasteiger partial charge on any atom is 0.166 e. The van der Waals surface area contributed by atoms with E-state index >= 15 is 0 Å². The van der Waals surface area contributed by atoms with Gasteiger partial charge >= 0.3 is 0 Å². The van der Waals surface area contributed by atoms with Gasteiger partial charge in [0.05, 0.1) is 31.2 Å². The third-order valence-corrected chi connectivity index (χ3v) is 5.33. The van der Waals surface area contributed by atoms with Crippen LogP contribution in [0, 0.1) is 11.3 Å². The van der Waals surface area contributed by atoms with E-state index in [2.05, 4.69) is 23.1 Å². The van der Waals surface area contributed by atoms with E-state index in [1.54, 1.807) is 7.11 Å². The minimum Gasteiger partial charge on any atom is -0.493 e. The molecular formula is C18H20N2O3. The molecule has 1 aromatic rings. The lowest BCUT2D eigenvalue weighted by Crippen LogP contribution is -2.43. The Hall–Kier alpha value is -2.03. The van der Waals surface area contributed by atoms with Crippen molar-refractivity contribution in [2.45, 2.75) is 37.0 Å². The van der Waals surface area contributed by atoms with Crippen molar-refractivity contribution in [2.24, 2.45) is 0 Å². The molecule has 0 saturated carbocycles. The van der Waals surface area contributed by atoms with Crippen molar-refractivity contribution in [3.05, 3.63) is 35.4 Å². The SMILES string of the molecule is COc1ccc2c3c1OC1C[C@@H](O)C=CC31CCN(CC#N)C2. The van der Waals surface area contributed by atoms with E-state index in [1.807, 2.05) is 12.1 Å². The normalized spacial score (nSPS) is 31.5. The average molecular weight is 312 g/mol. The van der Waals surface area contributed by atoms with Crippen LogP contribution in [0.2, 0.25) is 0 Å². The Balaban J connectivity index is 1.89. The molecule has 2 unspecified atom stereocenters. The highest BCUT2D eigenvalue weighted by molar-refractivity contribution is 5.61. The van der Waals surface area contributed by atoms with Gasteiger partial charge in [0.15, 0.2) is 11.5 Å². The van der Waals surface area contributed by atoms with Crippen LogP contribution in [0.15, 0.2) is 24.3 Å². The van der Waals surface area contributed by atoms with E-state index in [0.29, 0.717) is 13.0 Å². The second-order valence-corrected chi connectivity index (χ2v) is 6.56. The van der Waals surface area contributed by atoms with Gasteiger partial charge in [0.2, 0.25) is 0 Å². The van der Waals surface area contributed by atoms with Crippen LogP contribution >= 0.6 is 0 Å². The predicted molar refractivity (Wildman–Crippen MR) is 84.4 cm³/mol. The van der Waals surface area contributed by atoms with E-state index in [1.165, 1.54) is 11.1 Å². The Labute approximate surface area is 135 Å². The number of methoxy groups -OCH3 is 1. The van der Waals surface area contributed by atoms with E-state index in [0.717, 1.165) is 31.0 Å². The number of benzene rings is 1. The van der Waals surface area contributed by atoms with Crippen LogP contribution in [0.3, 0.4) is 0 Å². The first kappa shape index (κ1) is 14.6. The van der Waals surface area contributed by atoms with Crippen molar-refractivity contribution >= 4 is 0 Å². The standard InChI is InChI=1S/C18H20N2O3/c1-22-14-3-2-12-11-20(9-7-19)8-6-18-5-4-13(21)10-15(18)23-17(14)16(12)18/h2-5,13,15,21H,6,8-11H2,1H3/t13-,15?,18?/m0/s1. The van der Waals surface area contributed by atoms with Crippen LogP contribution in [-0.2, 0) is 12.0 Å². The summed E-state index contributed by atoms with van der Waals surface area (Å²) in [5.74, 6) is 1.56. The minimum atomic E-state index is -0.465. The van der Waals surface area contributed by atoms with Gasteiger partial charge < -0.3 is 14.6 Å². The van der Waals surface area contributed by atoms with Crippen LogP contribution in [0.5, 0.6) is 11.5 Å². The maximum atomic E-state index is 10.0. The van der Waals surface area contributed by atoms with Crippen LogP contribution in [0.25, 0.3) is 0 Å².